The summed E-state index contributed by atoms with van der Waals surface area (Å²) in [6.45, 7) is 4.09. The number of rotatable bonds is 13. The van der Waals surface area contributed by atoms with Crippen LogP contribution in [-0.2, 0) is 30.3 Å². The summed E-state index contributed by atoms with van der Waals surface area (Å²) in [5.41, 5.74) is -0.623. The molecular formula is C38H43Cl2N3O12. The summed E-state index contributed by atoms with van der Waals surface area (Å²) in [5.74, 6) is -4.98. The van der Waals surface area contributed by atoms with Gasteiger partial charge in [-0.2, -0.15) is 0 Å². The summed E-state index contributed by atoms with van der Waals surface area (Å²) in [5, 5.41) is 61.6. The Morgan fingerprint density at radius 3 is 2.18 bits per heavy atom. The molecule has 2 heterocycles. The van der Waals surface area contributed by atoms with Crippen LogP contribution in [0.2, 0.25) is 10.0 Å². The van der Waals surface area contributed by atoms with Gasteiger partial charge in [0.15, 0.2) is 17.1 Å². The third-order valence-corrected chi connectivity index (χ3v) is 9.97. The van der Waals surface area contributed by atoms with Crippen molar-refractivity contribution in [3.63, 3.8) is 0 Å². The summed E-state index contributed by atoms with van der Waals surface area (Å²) < 4.78 is 18.5. The number of phenols is 1. The van der Waals surface area contributed by atoms with E-state index in [2.05, 4.69) is 16.0 Å². The molecule has 3 amide bonds. The smallest absolute Gasteiger partial charge is 0.336 e. The van der Waals surface area contributed by atoms with Gasteiger partial charge in [-0.15, -0.1) is 0 Å². The molecule has 2 saturated heterocycles. The monoisotopic (exact) mass is 803 g/mol. The molecule has 1 unspecified atom stereocenters. The molecule has 0 spiro atoms. The number of halogens is 2. The summed E-state index contributed by atoms with van der Waals surface area (Å²) in [7, 11) is 0. The summed E-state index contributed by atoms with van der Waals surface area (Å²) in [6, 6.07) is 16.8. The normalized spacial score (nSPS) is 25.7. The van der Waals surface area contributed by atoms with E-state index in [4.69, 9.17) is 37.4 Å². The van der Waals surface area contributed by atoms with Gasteiger partial charge in [0.05, 0.1) is 34.4 Å². The topological polar surface area (TPSA) is 233 Å². The maximum absolute atomic E-state index is 13.2. The fourth-order valence-electron chi connectivity index (χ4n) is 6.78. The van der Waals surface area contributed by atoms with Gasteiger partial charge in [-0.3, -0.25) is 14.4 Å². The predicted molar refractivity (Wildman–Crippen MR) is 197 cm³/mol. The van der Waals surface area contributed by atoms with E-state index in [9.17, 15) is 44.7 Å². The van der Waals surface area contributed by atoms with Crippen molar-refractivity contribution in [1.82, 2.24) is 16.0 Å². The number of aromatic hydroxyl groups is 1. The number of hydrogen-bond donors (Lipinski definition) is 8. The quantitative estimate of drug-likeness (QED) is 0.125. The van der Waals surface area contributed by atoms with Crippen molar-refractivity contribution in [2.75, 3.05) is 6.54 Å². The van der Waals surface area contributed by atoms with Gasteiger partial charge >= 0.3 is 5.97 Å². The number of nitrogens with one attached hydrogen (secondary N) is 3. The first-order valence-corrected chi connectivity index (χ1v) is 18.1. The van der Waals surface area contributed by atoms with Crippen LogP contribution in [0, 0.1) is 0 Å². The predicted octanol–water partition coefficient (Wildman–Crippen LogP) is 2.84. The Morgan fingerprint density at radius 2 is 1.55 bits per heavy atom. The minimum Gasteiger partial charge on any atom is -0.505 e. The molecule has 0 radical (unpaired) electrons. The zero-order valence-electron chi connectivity index (χ0n) is 30.1. The first kappa shape index (κ1) is 41.8. The van der Waals surface area contributed by atoms with Crippen molar-refractivity contribution in [3.8, 4) is 5.75 Å². The van der Waals surface area contributed by atoms with Gasteiger partial charge in [-0.1, -0.05) is 65.7 Å². The molecule has 2 aliphatic rings. The van der Waals surface area contributed by atoms with Gasteiger partial charge < -0.3 is 55.7 Å². The maximum atomic E-state index is 13.2. The van der Waals surface area contributed by atoms with Crippen molar-refractivity contribution < 1.29 is 58.9 Å². The van der Waals surface area contributed by atoms with Crippen LogP contribution in [0.1, 0.15) is 71.6 Å². The molecule has 296 valence electrons. The average Bonchev–Trinajstić information content (AvgIpc) is 3.45. The second-order valence-corrected chi connectivity index (χ2v) is 14.8. The lowest BCUT2D eigenvalue weighted by molar-refractivity contribution is -0.236. The Balaban J connectivity index is 1.37. The maximum Gasteiger partial charge on any atom is 0.336 e. The number of carbonyl (C=O) groups excluding carboxylic acids is 3. The number of hydrogen-bond acceptors (Lipinski definition) is 11. The number of benzene rings is 3. The van der Waals surface area contributed by atoms with E-state index in [-0.39, 0.29) is 21.5 Å². The molecule has 0 bridgehead atoms. The molecule has 2 aliphatic heterocycles. The van der Waals surface area contributed by atoms with Gasteiger partial charge in [0.25, 0.3) is 11.8 Å². The SMILES string of the molecule is CC(=O)N[C@H]1[C@H]([C@H](O)[C@H](O)CNC(=O)c2cc(Cl)c(O)c(Cl)c2)O[C@@](CC2OC(C)(C)O[C@@H]2c2cccc(C(=O)NCc3ccccc3)c2)(C(=O)O)C[C@@H]1O. The molecule has 5 rings (SSSR count). The van der Waals surface area contributed by atoms with Gasteiger partial charge in [0.2, 0.25) is 5.91 Å². The molecule has 3 aromatic rings. The fourth-order valence-corrected chi connectivity index (χ4v) is 7.27. The first-order valence-electron chi connectivity index (χ1n) is 17.4. The fraction of sp³-hybridized carbons (Fsp3) is 0.421. The van der Waals surface area contributed by atoms with Crippen molar-refractivity contribution in [1.29, 1.82) is 0 Å². The molecular weight excluding hydrogens is 761 g/mol. The van der Waals surface area contributed by atoms with E-state index < -0.39 is 97.0 Å². The van der Waals surface area contributed by atoms with Crippen LogP contribution < -0.4 is 16.0 Å². The van der Waals surface area contributed by atoms with Gasteiger partial charge in [-0.25, -0.2) is 4.79 Å². The Kier molecular flexibility index (Phi) is 13.1. The van der Waals surface area contributed by atoms with Crippen LogP contribution in [0.25, 0.3) is 0 Å². The van der Waals surface area contributed by atoms with E-state index in [0.717, 1.165) is 24.6 Å². The molecule has 15 nitrogen and oxygen atoms in total. The van der Waals surface area contributed by atoms with Crippen molar-refractivity contribution in [2.24, 2.45) is 0 Å². The molecule has 0 aliphatic carbocycles. The van der Waals surface area contributed by atoms with Crippen LogP contribution in [0.15, 0.2) is 66.7 Å². The minimum absolute atomic E-state index is 0.0746. The van der Waals surface area contributed by atoms with Crippen molar-refractivity contribution in [2.45, 2.75) is 94.2 Å². The first-order chi connectivity index (χ1) is 25.9. The molecule has 17 heteroatoms. The molecule has 8 N–H and O–H groups in total. The average molecular weight is 805 g/mol. The van der Waals surface area contributed by atoms with Gasteiger partial charge in [0, 0.05) is 44.0 Å². The van der Waals surface area contributed by atoms with Crippen LogP contribution in [0.3, 0.4) is 0 Å². The number of amides is 3. The lowest BCUT2D eigenvalue weighted by atomic mass is 9.79. The highest BCUT2D eigenvalue weighted by molar-refractivity contribution is 6.37. The zero-order chi connectivity index (χ0) is 40.2. The zero-order valence-corrected chi connectivity index (χ0v) is 31.6. The number of ether oxygens (including phenoxy) is 3. The van der Waals surface area contributed by atoms with Crippen LogP contribution >= 0.6 is 23.2 Å². The van der Waals surface area contributed by atoms with E-state index in [1.165, 1.54) is 0 Å². The number of phenolic OH excluding ortho intramolecular Hbond substituents is 1. The molecule has 55 heavy (non-hydrogen) atoms. The molecule has 3 aromatic carbocycles. The van der Waals surface area contributed by atoms with Crippen molar-refractivity contribution >= 4 is 46.9 Å². The second kappa shape index (κ2) is 17.2. The molecule has 0 aromatic heterocycles. The van der Waals surface area contributed by atoms with Crippen molar-refractivity contribution in [3.05, 3.63) is 99.0 Å². The standard InChI is InChI=1S/C38H43Cl2N3O12/c1-19(44)43-29-26(45)15-38(36(51)52,55-33(29)31(48)27(46)18-42-35(50)23-13-24(39)30(47)25(40)14-23)16-28-32(54-37(2,3)53-28)21-10-7-11-22(12-21)34(49)41-17-20-8-5-4-6-9-20/h4-14,26-29,31-33,45-48H,15-18H2,1-3H3,(H,41,49)(H,42,50)(H,43,44)(H,51,52)/t26-,27+,28?,29+,31+,32+,33+,38-/m0/s1. The number of aliphatic carboxylic acids is 1. The van der Waals surface area contributed by atoms with Gasteiger partial charge in [0.1, 0.15) is 18.3 Å². The third-order valence-electron chi connectivity index (χ3n) is 9.40. The van der Waals surface area contributed by atoms with Crippen LogP contribution in [0.4, 0.5) is 0 Å². The largest absolute Gasteiger partial charge is 0.505 e. The highest BCUT2D eigenvalue weighted by atomic mass is 35.5. The second-order valence-electron chi connectivity index (χ2n) is 14.0. The number of carboxylic acids is 1. The van der Waals surface area contributed by atoms with E-state index in [1.54, 1.807) is 38.1 Å². The summed E-state index contributed by atoms with van der Waals surface area (Å²) in [4.78, 5) is 51.3. The van der Waals surface area contributed by atoms with E-state index >= 15 is 0 Å². The number of carboxylic acid groups (broad SMARTS) is 1. The number of carbonyl (C=O) groups is 4. The molecule has 2 fully saturated rings. The van der Waals surface area contributed by atoms with Gasteiger partial charge in [-0.05, 0) is 49.2 Å². The Morgan fingerprint density at radius 1 is 0.891 bits per heavy atom. The number of aliphatic hydroxyl groups is 3. The lowest BCUT2D eigenvalue weighted by Gasteiger charge is -2.48. The summed E-state index contributed by atoms with van der Waals surface area (Å²) >= 11 is 11.8. The highest BCUT2D eigenvalue weighted by Gasteiger charge is 2.57. The Labute approximate surface area is 326 Å². The molecule has 0 saturated carbocycles. The molecule has 8 atom stereocenters. The lowest BCUT2D eigenvalue weighted by Crippen LogP contribution is -2.68. The van der Waals surface area contributed by atoms with E-state index in [1.807, 2.05) is 30.3 Å². The number of aliphatic hydroxyl groups excluding tert-OH is 3. The summed E-state index contributed by atoms with van der Waals surface area (Å²) in [6.07, 6.45) is -10.1. The Hall–Kier alpha value is -4.32. The minimum atomic E-state index is -2.26. The van der Waals surface area contributed by atoms with Crippen LogP contribution in [-0.4, -0.2) is 104 Å². The third kappa shape index (κ3) is 9.92. The van der Waals surface area contributed by atoms with E-state index in [0.29, 0.717) is 17.7 Å². The Bertz CT molecular complexity index is 1880. The highest BCUT2D eigenvalue weighted by Crippen LogP contribution is 2.45. The van der Waals surface area contributed by atoms with Crippen LogP contribution in [0.5, 0.6) is 5.75 Å².